The Kier molecular flexibility index (Phi) is 4.99. The van der Waals surface area contributed by atoms with Gasteiger partial charge in [0.1, 0.15) is 11.6 Å². The van der Waals surface area contributed by atoms with Crippen molar-refractivity contribution in [3.05, 3.63) is 47.8 Å². The maximum atomic E-state index is 10.1. The number of nitrogens with one attached hydrogen (secondary N) is 1. The zero-order chi connectivity index (χ0) is 18.0. The van der Waals surface area contributed by atoms with Crippen molar-refractivity contribution in [2.45, 2.75) is 24.8 Å². The summed E-state index contributed by atoms with van der Waals surface area (Å²) in [4.78, 5) is 10.2. The molecule has 1 heterocycles. The Hall–Kier alpha value is -2.47. The fraction of sp³-hybridized carbons (Fsp3) is 0.263. The number of aromatic hydroxyl groups is 1. The van der Waals surface area contributed by atoms with Crippen LogP contribution in [-0.4, -0.2) is 28.4 Å². The van der Waals surface area contributed by atoms with Crippen molar-refractivity contribution in [1.29, 1.82) is 0 Å². The number of aromatic nitrogens is 2. The van der Waals surface area contributed by atoms with Crippen LogP contribution in [0.3, 0.4) is 0 Å². The molecule has 130 valence electrons. The van der Waals surface area contributed by atoms with Crippen LogP contribution in [0.2, 0.25) is 0 Å². The monoisotopic (exact) mass is 355 g/mol. The van der Waals surface area contributed by atoms with Crippen molar-refractivity contribution in [2.75, 3.05) is 18.7 Å². The predicted molar refractivity (Wildman–Crippen MR) is 103 cm³/mol. The fourth-order valence-electron chi connectivity index (χ4n) is 2.73. The van der Waals surface area contributed by atoms with E-state index in [2.05, 4.69) is 52.7 Å². The lowest BCUT2D eigenvalue weighted by molar-refractivity contribution is 0.374. The first-order chi connectivity index (χ1) is 12.0. The van der Waals surface area contributed by atoms with Crippen LogP contribution in [0.4, 0.5) is 5.82 Å². The normalized spacial score (nSPS) is 12.2. The summed E-state index contributed by atoms with van der Waals surface area (Å²) in [6, 6.07) is 11.8. The highest BCUT2D eigenvalue weighted by Gasteiger charge is 2.14. The third kappa shape index (κ3) is 3.64. The molecule has 0 aliphatic carbocycles. The molecule has 0 saturated heterocycles. The molecule has 3 rings (SSSR count). The van der Waals surface area contributed by atoms with Crippen LogP contribution in [-0.2, 0) is 0 Å². The molecule has 2 aromatic carbocycles. The Balaban J connectivity index is 2.01. The first-order valence-electron chi connectivity index (χ1n) is 7.97. The molecule has 2 N–H and O–H groups in total. The number of aryl methyl sites for hydroxylation is 1. The van der Waals surface area contributed by atoms with Gasteiger partial charge in [0.15, 0.2) is 11.5 Å². The van der Waals surface area contributed by atoms with Crippen molar-refractivity contribution in [2.24, 2.45) is 0 Å². The van der Waals surface area contributed by atoms with Crippen LogP contribution >= 0.6 is 11.8 Å². The summed E-state index contributed by atoms with van der Waals surface area (Å²) >= 11 is 1.72. The number of benzene rings is 2. The molecule has 6 heteroatoms. The van der Waals surface area contributed by atoms with Crippen molar-refractivity contribution in [1.82, 2.24) is 9.97 Å². The second-order valence-electron chi connectivity index (χ2n) is 5.80. The van der Waals surface area contributed by atoms with Crippen molar-refractivity contribution in [3.63, 3.8) is 0 Å². The van der Waals surface area contributed by atoms with Gasteiger partial charge in [-0.15, -0.1) is 11.8 Å². The lowest BCUT2D eigenvalue weighted by atomic mass is 10.1. The summed E-state index contributed by atoms with van der Waals surface area (Å²) in [5.41, 5.74) is 1.91. The summed E-state index contributed by atoms with van der Waals surface area (Å²) < 4.78 is 5.18. The lowest BCUT2D eigenvalue weighted by Gasteiger charge is -2.18. The van der Waals surface area contributed by atoms with Crippen LogP contribution in [0.1, 0.15) is 24.4 Å². The van der Waals surface area contributed by atoms with E-state index in [0.717, 1.165) is 10.9 Å². The maximum absolute atomic E-state index is 10.1. The van der Waals surface area contributed by atoms with Gasteiger partial charge in [0.25, 0.3) is 0 Å². The SMILES string of the molecule is COc1cc2nc(C)nc(N[C@H](C)c3cccc(SC)c3)c2cc1O. The molecule has 25 heavy (non-hydrogen) atoms. The maximum Gasteiger partial charge on any atom is 0.162 e. The van der Waals surface area contributed by atoms with Gasteiger partial charge in [-0.3, -0.25) is 0 Å². The average molecular weight is 355 g/mol. The zero-order valence-electron chi connectivity index (χ0n) is 14.7. The molecule has 3 aromatic rings. The van der Waals surface area contributed by atoms with E-state index in [1.165, 1.54) is 17.6 Å². The molecule has 1 atom stereocenters. The lowest BCUT2D eigenvalue weighted by Crippen LogP contribution is -2.09. The molecule has 0 amide bonds. The minimum absolute atomic E-state index is 0.0637. The number of phenols is 1. The van der Waals surface area contributed by atoms with Gasteiger partial charge >= 0.3 is 0 Å². The first kappa shape index (κ1) is 17.4. The summed E-state index contributed by atoms with van der Waals surface area (Å²) in [6.45, 7) is 3.94. The van der Waals surface area contributed by atoms with Gasteiger partial charge in [-0.2, -0.15) is 0 Å². The molecule has 0 saturated carbocycles. The molecule has 0 spiro atoms. The largest absolute Gasteiger partial charge is 0.504 e. The van der Waals surface area contributed by atoms with Crippen molar-refractivity contribution in [3.8, 4) is 11.5 Å². The Morgan fingerprint density at radius 2 is 2.00 bits per heavy atom. The standard InChI is InChI=1S/C19H21N3O2S/c1-11(13-6-5-7-14(8-13)25-4)20-19-15-9-17(23)18(24-3)10-16(15)21-12(2)22-19/h5-11,23H,1-4H3,(H,20,21,22)/t11-/m1/s1. The fourth-order valence-corrected chi connectivity index (χ4v) is 3.20. The first-order valence-corrected chi connectivity index (χ1v) is 9.20. The molecule has 0 bridgehead atoms. The van der Waals surface area contributed by atoms with Gasteiger partial charge in [0.05, 0.1) is 18.7 Å². The number of anilines is 1. The van der Waals surface area contributed by atoms with Crippen molar-refractivity contribution < 1.29 is 9.84 Å². The molecule has 0 unspecified atom stereocenters. The molecule has 0 aliphatic heterocycles. The summed E-state index contributed by atoms with van der Waals surface area (Å²) in [5, 5.41) is 14.3. The van der Waals surface area contributed by atoms with E-state index in [0.29, 0.717) is 17.4 Å². The van der Waals surface area contributed by atoms with Crippen LogP contribution in [0.25, 0.3) is 10.9 Å². The molecule has 0 radical (unpaired) electrons. The minimum atomic E-state index is 0.0637. The van der Waals surface area contributed by atoms with E-state index >= 15 is 0 Å². The Labute approximate surface area is 151 Å². The second-order valence-corrected chi connectivity index (χ2v) is 6.68. The highest BCUT2D eigenvalue weighted by molar-refractivity contribution is 7.98. The van der Waals surface area contributed by atoms with Crippen LogP contribution in [0.5, 0.6) is 11.5 Å². The number of phenolic OH excluding ortho intramolecular Hbond substituents is 1. The zero-order valence-corrected chi connectivity index (χ0v) is 15.5. The van der Waals surface area contributed by atoms with E-state index in [-0.39, 0.29) is 11.8 Å². The Morgan fingerprint density at radius 1 is 1.20 bits per heavy atom. The molecule has 0 aliphatic rings. The predicted octanol–water partition coefficient (Wildman–Crippen LogP) is 4.55. The smallest absolute Gasteiger partial charge is 0.162 e. The third-order valence-corrected chi connectivity index (χ3v) is 4.78. The molecular formula is C19H21N3O2S. The number of rotatable bonds is 5. The van der Waals surface area contributed by atoms with Crippen LogP contribution < -0.4 is 10.1 Å². The number of fused-ring (bicyclic) bond motifs is 1. The molecular weight excluding hydrogens is 334 g/mol. The van der Waals surface area contributed by atoms with Crippen LogP contribution in [0.15, 0.2) is 41.3 Å². The van der Waals surface area contributed by atoms with E-state index < -0.39 is 0 Å². The van der Waals surface area contributed by atoms with Gasteiger partial charge in [0.2, 0.25) is 0 Å². The van der Waals surface area contributed by atoms with Gasteiger partial charge in [0, 0.05) is 16.3 Å². The number of hydrogen-bond acceptors (Lipinski definition) is 6. The Morgan fingerprint density at radius 3 is 2.72 bits per heavy atom. The third-order valence-electron chi connectivity index (χ3n) is 4.06. The number of nitrogens with zero attached hydrogens (tertiary/aromatic N) is 2. The van der Waals surface area contributed by atoms with Gasteiger partial charge < -0.3 is 15.2 Å². The van der Waals surface area contributed by atoms with E-state index in [9.17, 15) is 5.11 Å². The van der Waals surface area contributed by atoms with Gasteiger partial charge in [-0.1, -0.05) is 12.1 Å². The number of hydrogen-bond donors (Lipinski definition) is 2. The Bertz CT molecular complexity index is 915. The van der Waals surface area contributed by atoms with E-state index in [4.69, 9.17) is 4.74 Å². The van der Waals surface area contributed by atoms with Crippen LogP contribution in [0, 0.1) is 6.92 Å². The number of ether oxygens (including phenoxy) is 1. The van der Waals surface area contributed by atoms with Crippen molar-refractivity contribution >= 4 is 28.5 Å². The average Bonchev–Trinajstić information content (AvgIpc) is 2.61. The highest BCUT2D eigenvalue weighted by atomic mass is 32.2. The quantitative estimate of drug-likeness (QED) is 0.655. The molecule has 5 nitrogen and oxygen atoms in total. The van der Waals surface area contributed by atoms with Gasteiger partial charge in [-0.25, -0.2) is 9.97 Å². The minimum Gasteiger partial charge on any atom is -0.504 e. The molecule has 0 fully saturated rings. The number of thioether (sulfide) groups is 1. The van der Waals surface area contributed by atoms with E-state index in [1.807, 2.05) is 6.92 Å². The second kappa shape index (κ2) is 7.19. The van der Waals surface area contributed by atoms with E-state index in [1.54, 1.807) is 23.9 Å². The summed E-state index contributed by atoms with van der Waals surface area (Å²) in [7, 11) is 1.52. The highest BCUT2D eigenvalue weighted by Crippen LogP contribution is 2.34. The summed E-state index contributed by atoms with van der Waals surface area (Å²) in [6.07, 6.45) is 2.06. The number of methoxy groups -OCH3 is 1. The summed E-state index contributed by atoms with van der Waals surface area (Å²) in [5.74, 6) is 1.83. The van der Waals surface area contributed by atoms with Gasteiger partial charge in [-0.05, 0) is 43.9 Å². The molecule has 1 aromatic heterocycles. The topological polar surface area (TPSA) is 67.3 Å².